The van der Waals surface area contributed by atoms with Gasteiger partial charge in [-0.2, -0.15) is 0 Å². The van der Waals surface area contributed by atoms with Gasteiger partial charge in [0.25, 0.3) is 0 Å². The lowest BCUT2D eigenvalue weighted by molar-refractivity contribution is -0.126. The number of carbonyl (C=O) groups excluding carboxylic acids is 1. The molecule has 1 unspecified atom stereocenters. The summed E-state index contributed by atoms with van der Waals surface area (Å²) in [4.78, 5) is 16.7. The minimum atomic E-state index is -0.0723. The average Bonchev–Trinajstić information content (AvgIpc) is 2.60. The van der Waals surface area contributed by atoms with Crippen LogP contribution in [0.5, 0.6) is 0 Å². The number of nitrogens with one attached hydrogen (secondary N) is 1. The molecule has 1 saturated heterocycles. The summed E-state index contributed by atoms with van der Waals surface area (Å²) in [5.74, 6) is 0.0855. The topological polar surface area (TPSA) is 35.6 Å². The minimum Gasteiger partial charge on any atom is -0.351 e. The van der Waals surface area contributed by atoms with Crippen LogP contribution in [0.25, 0.3) is 6.08 Å². The zero-order chi connectivity index (χ0) is 16.5. The Morgan fingerprint density at radius 2 is 1.96 bits per heavy atom. The molecule has 0 aliphatic carbocycles. The number of piperazine rings is 1. The number of nitrogens with zero attached hydrogens (tertiary/aromatic N) is 2. The molecule has 0 saturated carbocycles. The number of benzene rings is 1. The van der Waals surface area contributed by atoms with Crippen molar-refractivity contribution >= 4 is 12.0 Å². The maximum atomic E-state index is 12.0. The fraction of sp³-hybridized carbons (Fsp3) is 0.421. The predicted molar refractivity (Wildman–Crippen MR) is 96.2 cm³/mol. The lowest BCUT2D eigenvalue weighted by Crippen LogP contribution is -2.53. The first-order valence-electron chi connectivity index (χ1n) is 8.27. The molecule has 1 amide bonds. The molecule has 0 spiro atoms. The molecule has 1 aromatic rings. The Morgan fingerprint density at radius 3 is 2.61 bits per heavy atom. The van der Waals surface area contributed by atoms with Crippen molar-refractivity contribution in [3.8, 4) is 0 Å². The second-order valence-corrected chi connectivity index (χ2v) is 5.86. The Morgan fingerprint density at radius 1 is 1.26 bits per heavy atom. The van der Waals surface area contributed by atoms with E-state index < -0.39 is 0 Å². The van der Waals surface area contributed by atoms with Gasteiger partial charge in [0.15, 0.2) is 0 Å². The molecule has 0 bridgehead atoms. The van der Waals surface area contributed by atoms with Gasteiger partial charge in [0, 0.05) is 39.3 Å². The number of amides is 1. The molecule has 1 fully saturated rings. The van der Waals surface area contributed by atoms with E-state index in [1.54, 1.807) is 6.08 Å². The molecule has 1 aliphatic rings. The van der Waals surface area contributed by atoms with Crippen LogP contribution in [0.2, 0.25) is 0 Å². The molecule has 0 radical (unpaired) electrons. The van der Waals surface area contributed by atoms with E-state index in [1.807, 2.05) is 13.0 Å². The second kappa shape index (κ2) is 9.28. The first-order chi connectivity index (χ1) is 11.2. The zero-order valence-electron chi connectivity index (χ0n) is 13.9. The summed E-state index contributed by atoms with van der Waals surface area (Å²) < 4.78 is 0. The van der Waals surface area contributed by atoms with Gasteiger partial charge in [-0.05, 0) is 12.5 Å². The van der Waals surface area contributed by atoms with Crippen molar-refractivity contribution in [3.05, 3.63) is 54.6 Å². The molecule has 124 valence electrons. The average molecular weight is 313 g/mol. The van der Waals surface area contributed by atoms with Crippen LogP contribution in [-0.2, 0) is 4.79 Å². The van der Waals surface area contributed by atoms with E-state index in [0.29, 0.717) is 6.54 Å². The highest BCUT2D eigenvalue weighted by atomic mass is 16.2. The summed E-state index contributed by atoms with van der Waals surface area (Å²) in [5.41, 5.74) is 1.23. The van der Waals surface area contributed by atoms with E-state index in [0.717, 1.165) is 32.7 Å². The van der Waals surface area contributed by atoms with Crippen LogP contribution in [0.3, 0.4) is 0 Å². The normalized spacial score (nSPS) is 18.0. The minimum absolute atomic E-state index is 0.0723. The highest BCUT2D eigenvalue weighted by molar-refractivity contribution is 5.81. The Kier molecular flexibility index (Phi) is 7.04. The van der Waals surface area contributed by atoms with Crippen LogP contribution >= 0.6 is 0 Å². The lowest BCUT2D eigenvalue weighted by atomic mass is 10.2. The molecular weight excluding hydrogens is 286 g/mol. The third-order valence-electron chi connectivity index (χ3n) is 4.23. The SMILES string of the molecule is C=CCNC(=O)C(C)N1CCN(C/C=C/c2ccccc2)CC1. The van der Waals surface area contributed by atoms with Crippen LogP contribution in [0.1, 0.15) is 12.5 Å². The first-order valence-corrected chi connectivity index (χ1v) is 8.27. The highest BCUT2D eigenvalue weighted by Gasteiger charge is 2.24. The molecule has 23 heavy (non-hydrogen) atoms. The van der Waals surface area contributed by atoms with E-state index in [-0.39, 0.29) is 11.9 Å². The molecule has 4 nitrogen and oxygen atoms in total. The summed E-state index contributed by atoms with van der Waals surface area (Å²) in [6.45, 7) is 11.0. The van der Waals surface area contributed by atoms with Gasteiger partial charge in [-0.1, -0.05) is 48.6 Å². The summed E-state index contributed by atoms with van der Waals surface area (Å²) in [5, 5.41) is 2.87. The van der Waals surface area contributed by atoms with Crippen molar-refractivity contribution in [1.82, 2.24) is 15.1 Å². The van der Waals surface area contributed by atoms with Crippen LogP contribution in [0, 0.1) is 0 Å². The summed E-state index contributed by atoms with van der Waals surface area (Å²) in [7, 11) is 0. The molecule has 4 heteroatoms. The Hall–Kier alpha value is -1.91. The molecule has 1 atom stereocenters. The number of hydrogen-bond donors (Lipinski definition) is 1. The number of hydrogen-bond acceptors (Lipinski definition) is 3. The Balaban J connectivity index is 1.72. The summed E-state index contributed by atoms with van der Waals surface area (Å²) >= 11 is 0. The second-order valence-electron chi connectivity index (χ2n) is 5.86. The Bertz CT molecular complexity index is 519. The van der Waals surface area contributed by atoms with Gasteiger partial charge in [0.2, 0.25) is 5.91 Å². The van der Waals surface area contributed by atoms with Crippen molar-refractivity contribution in [1.29, 1.82) is 0 Å². The predicted octanol–water partition coefficient (Wildman–Crippen LogP) is 2.01. The fourth-order valence-corrected chi connectivity index (χ4v) is 2.72. The Labute approximate surface area is 139 Å². The zero-order valence-corrected chi connectivity index (χ0v) is 13.9. The molecule has 1 heterocycles. The molecule has 0 aromatic heterocycles. The maximum absolute atomic E-state index is 12.0. The van der Waals surface area contributed by atoms with Gasteiger partial charge in [0.05, 0.1) is 6.04 Å². The molecule has 2 rings (SSSR count). The molecular formula is C19H27N3O. The summed E-state index contributed by atoms with van der Waals surface area (Å²) in [6, 6.07) is 10.3. The van der Waals surface area contributed by atoms with Gasteiger partial charge < -0.3 is 5.32 Å². The van der Waals surface area contributed by atoms with Crippen molar-refractivity contribution < 1.29 is 4.79 Å². The first kappa shape index (κ1) is 17.4. The summed E-state index contributed by atoms with van der Waals surface area (Å²) in [6.07, 6.45) is 6.09. The number of carbonyl (C=O) groups is 1. The lowest BCUT2D eigenvalue weighted by Gasteiger charge is -2.37. The van der Waals surface area contributed by atoms with Gasteiger partial charge in [0.1, 0.15) is 0 Å². The smallest absolute Gasteiger partial charge is 0.237 e. The van der Waals surface area contributed by atoms with E-state index in [2.05, 4.69) is 58.1 Å². The van der Waals surface area contributed by atoms with Crippen LogP contribution in [0.15, 0.2) is 49.1 Å². The van der Waals surface area contributed by atoms with E-state index in [4.69, 9.17) is 0 Å². The van der Waals surface area contributed by atoms with Gasteiger partial charge in [-0.15, -0.1) is 6.58 Å². The van der Waals surface area contributed by atoms with Crippen LogP contribution < -0.4 is 5.32 Å². The fourth-order valence-electron chi connectivity index (χ4n) is 2.72. The standard InChI is InChI=1S/C19H27N3O/c1-3-11-20-19(23)17(2)22-15-13-21(14-16-22)12-7-10-18-8-5-4-6-9-18/h3-10,17H,1,11-16H2,2H3,(H,20,23)/b10-7+. The van der Waals surface area contributed by atoms with Crippen LogP contribution in [-0.4, -0.2) is 61.0 Å². The molecule has 1 aliphatic heterocycles. The third kappa shape index (κ3) is 5.66. The van der Waals surface area contributed by atoms with E-state index in [9.17, 15) is 4.79 Å². The van der Waals surface area contributed by atoms with Crippen molar-refractivity contribution in [2.24, 2.45) is 0 Å². The van der Waals surface area contributed by atoms with Gasteiger partial charge in [-0.25, -0.2) is 0 Å². The highest BCUT2D eigenvalue weighted by Crippen LogP contribution is 2.07. The van der Waals surface area contributed by atoms with Crippen LogP contribution in [0.4, 0.5) is 0 Å². The van der Waals surface area contributed by atoms with Crippen molar-refractivity contribution in [2.75, 3.05) is 39.3 Å². The monoisotopic (exact) mass is 313 g/mol. The third-order valence-corrected chi connectivity index (χ3v) is 4.23. The maximum Gasteiger partial charge on any atom is 0.237 e. The van der Waals surface area contributed by atoms with E-state index >= 15 is 0 Å². The van der Waals surface area contributed by atoms with Gasteiger partial charge >= 0.3 is 0 Å². The van der Waals surface area contributed by atoms with E-state index in [1.165, 1.54) is 5.56 Å². The molecule has 1 N–H and O–H groups in total. The van der Waals surface area contributed by atoms with Crippen molar-refractivity contribution in [3.63, 3.8) is 0 Å². The largest absolute Gasteiger partial charge is 0.351 e. The number of rotatable bonds is 7. The van der Waals surface area contributed by atoms with Crippen molar-refractivity contribution in [2.45, 2.75) is 13.0 Å². The van der Waals surface area contributed by atoms with Gasteiger partial charge in [-0.3, -0.25) is 14.6 Å². The quantitative estimate of drug-likeness (QED) is 0.782. The molecule has 1 aromatic carbocycles.